The normalized spacial score (nSPS) is 22.8. The molecular weight excluding hydrogens is 372 g/mol. The van der Waals surface area contributed by atoms with Gasteiger partial charge in [-0.05, 0) is 62.1 Å². The van der Waals surface area contributed by atoms with Crippen LogP contribution in [0.3, 0.4) is 0 Å². The second-order valence-corrected chi connectivity index (χ2v) is 8.98. The number of nitrogens with two attached hydrogens (primary N) is 1. The van der Waals surface area contributed by atoms with E-state index in [1.807, 2.05) is 10.7 Å². The average Bonchev–Trinajstić information content (AvgIpc) is 3.26. The molecule has 6 nitrogen and oxygen atoms in total. The third-order valence-electron chi connectivity index (χ3n) is 6.75. The van der Waals surface area contributed by atoms with Crippen molar-refractivity contribution >= 4 is 22.8 Å². The first-order valence-corrected chi connectivity index (χ1v) is 11.5. The Labute approximate surface area is 178 Å². The Balaban J connectivity index is 1.33. The molecule has 0 saturated heterocycles. The minimum absolute atomic E-state index is 0.348. The second-order valence-electron chi connectivity index (χ2n) is 8.98. The van der Waals surface area contributed by atoms with E-state index >= 15 is 0 Å². The van der Waals surface area contributed by atoms with E-state index in [4.69, 9.17) is 10.8 Å². The first-order valence-electron chi connectivity index (χ1n) is 11.5. The lowest BCUT2D eigenvalue weighted by atomic mass is 9.84. The monoisotopic (exact) mass is 404 g/mol. The summed E-state index contributed by atoms with van der Waals surface area (Å²) in [7, 11) is 0. The van der Waals surface area contributed by atoms with Crippen molar-refractivity contribution in [3.8, 4) is 0 Å². The molecule has 0 aliphatic heterocycles. The van der Waals surface area contributed by atoms with Crippen molar-refractivity contribution in [3.05, 3.63) is 48.3 Å². The Morgan fingerprint density at radius 3 is 2.47 bits per heavy atom. The van der Waals surface area contributed by atoms with Gasteiger partial charge in [-0.25, -0.2) is 9.50 Å². The molecule has 158 valence electrons. The summed E-state index contributed by atoms with van der Waals surface area (Å²) in [5, 5.41) is 11.9. The summed E-state index contributed by atoms with van der Waals surface area (Å²) >= 11 is 0. The van der Waals surface area contributed by atoms with Crippen LogP contribution in [-0.4, -0.2) is 26.7 Å². The summed E-state index contributed by atoms with van der Waals surface area (Å²) in [4.78, 5) is 4.50. The van der Waals surface area contributed by atoms with E-state index in [0.717, 1.165) is 54.4 Å². The van der Waals surface area contributed by atoms with Crippen molar-refractivity contribution in [2.24, 2.45) is 5.73 Å². The fourth-order valence-corrected chi connectivity index (χ4v) is 4.98. The van der Waals surface area contributed by atoms with Gasteiger partial charge in [0.25, 0.3) is 0 Å². The molecule has 30 heavy (non-hydrogen) atoms. The molecule has 2 fully saturated rings. The van der Waals surface area contributed by atoms with Gasteiger partial charge in [-0.1, -0.05) is 31.4 Å². The van der Waals surface area contributed by atoms with Gasteiger partial charge in [-0.3, -0.25) is 0 Å². The number of aromatic nitrogens is 3. The summed E-state index contributed by atoms with van der Waals surface area (Å²) in [5.74, 6) is 1.61. The van der Waals surface area contributed by atoms with E-state index in [-0.39, 0.29) is 0 Å². The number of benzene rings is 1. The standard InChI is InChI=1S/C24H32N6/c25-19-8-12-21(13-9-19)28-23-16-22(24-26-14-15-30(24)29-23)27-20-10-6-18(7-11-20)17-4-2-1-3-5-17/h6-7,10-11,14-17,19,21,27H,1-5,8-9,12-13,25H2,(H,28,29). The lowest BCUT2D eigenvalue weighted by Crippen LogP contribution is -2.33. The van der Waals surface area contributed by atoms with Crippen LogP contribution in [0.25, 0.3) is 5.65 Å². The van der Waals surface area contributed by atoms with E-state index in [1.54, 1.807) is 6.20 Å². The first-order chi connectivity index (χ1) is 14.7. The molecule has 2 aliphatic carbocycles. The fraction of sp³-hybridized carbons (Fsp3) is 0.500. The molecule has 0 bridgehead atoms. The van der Waals surface area contributed by atoms with Gasteiger partial charge in [0, 0.05) is 36.2 Å². The molecule has 0 spiro atoms. The second kappa shape index (κ2) is 8.64. The van der Waals surface area contributed by atoms with Gasteiger partial charge in [-0.15, -0.1) is 5.10 Å². The van der Waals surface area contributed by atoms with Gasteiger partial charge in [0.1, 0.15) is 5.82 Å². The topological polar surface area (TPSA) is 80.3 Å². The van der Waals surface area contributed by atoms with Crippen molar-refractivity contribution < 1.29 is 0 Å². The van der Waals surface area contributed by atoms with Crippen LogP contribution in [0, 0.1) is 0 Å². The van der Waals surface area contributed by atoms with Crippen LogP contribution in [0.5, 0.6) is 0 Å². The first kappa shape index (κ1) is 19.4. The molecule has 2 aliphatic rings. The molecule has 6 heteroatoms. The number of nitrogens with one attached hydrogen (secondary N) is 2. The molecule has 2 aromatic heterocycles. The number of nitrogens with zero attached hydrogens (tertiary/aromatic N) is 3. The molecule has 0 radical (unpaired) electrons. The predicted molar refractivity (Wildman–Crippen MR) is 122 cm³/mol. The van der Waals surface area contributed by atoms with E-state index in [1.165, 1.54) is 37.7 Å². The number of hydrogen-bond donors (Lipinski definition) is 3. The average molecular weight is 405 g/mol. The maximum absolute atomic E-state index is 6.05. The van der Waals surface area contributed by atoms with Crippen molar-refractivity contribution in [1.82, 2.24) is 14.6 Å². The zero-order valence-electron chi connectivity index (χ0n) is 17.6. The van der Waals surface area contributed by atoms with Crippen molar-refractivity contribution in [2.75, 3.05) is 10.6 Å². The van der Waals surface area contributed by atoms with Gasteiger partial charge in [0.2, 0.25) is 0 Å². The van der Waals surface area contributed by atoms with Gasteiger partial charge >= 0.3 is 0 Å². The number of imidazole rings is 1. The smallest absolute Gasteiger partial charge is 0.177 e. The number of rotatable bonds is 5. The Morgan fingerprint density at radius 1 is 0.933 bits per heavy atom. The molecule has 0 atom stereocenters. The molecule has 0 amide bonds. The van der Waals surface area contributed by atoms with Gasteiger partial charge in [0.15, 0.2) is 5.65 Å². The van der Waals surface area contributed by atoms with E-state index < -0.39 is 0 Å². The highest BCUT2D eigenvalue weighted by Gasteiger charge is 2.19. The molecular formula is C24H32N6. The van der Waals surface area contributed by atoms with Crippen LogP contribution in [-0.2, 0) is 0 Å². The number of fused-ring (bicyclic) bond motifs is 1. The third kappa shape index (κ3) is 4.29. The van der Waals surface area contributed by atoms with Crippen molar-refractivity contribution in [2.45, 2.75) is 75.8 Å². The summed E-state index contributed by atoms with van der Waals surface area (Å²) < 4.78 is 1.84. The van der Waals surface area contributed by atoms with Crippen molar-refractivity contribution in [3.63, 3.8) is 0 Å². The van der Waals surface area contributed by atoms with Gasteiger partial charge < -0.3 is 16.4 Å². The molecule has 2 saturated carbocycles. The SMILES string of the molecule is NC1CCC(Nc2cc(Nc3ccc(C4CCCCC4)cc3)c3nccn3n2)CC1. The van der Waals surface area contributed by atoms with Gasteiger partial charge in [-0.2, -0.15) is 0 Å². The van der Waals surface area contributed by atoms with Crippen LogP contribution in [0.1, 0.15) is 69.3 Å². The summed E-state index contributed by atoms with van der Waals surface area (Å²) in [6.45, 7) is 0. The highest BCUT2D eigenvalue weighted by atomic mass is 15.3. The largest absolute Gasteiger partial charge is 0.366 e. The zero-order valence-corrected chi connectivity index (χ0v) is 17.6. The Morgan fingerprint density at radius 2 is 1.70 bits per heavy atom. The maximum atomic E-state index is 6.05. The molecule has 3 aromatic rings. The van der Waals surface area contributed by atoms with Crippen LogP contribution >= 0.6 is 0 Å². The van der Waals surface area contributed by atoms with E-state index in [0.29, 0.717) is 12.1 Å². The fourth-order valence-electron chi connectivity index (χ4n) is 4.98. The minimum Gasteiger partial charge on any atom is -0.366 e. The highest BCUT2D eigenvalue weighted by molar-refractivity contribution is 5.75. The summed E-state index contributed by atoms with van der Waals surface area (Å²) in [5.41, 5.74) is 10.4. The number of hydrogen-bond acceptors (Lipinski definition) is 5. The molecule has 0 unspecified atom stereocenters. The van der Waals surface area contributed by atoms with Crippen LogP contribution < -0.4 is 16.4 Å². The maximum Gasteiger partial charge on any atom is 0.177 e. The quantitative estimate of drug-likeness (QED) is 0.544. The Kier molecular flexibility index (Phi) is 5.58. The zero-order chi connectivity index (χ0) is 20.3. The minimum atomic E-state index is 0.348. The van der Waals surface area contributed by atoms with Crippen LogP contribution in [0.15, 0.2) is 42.7 Å². The lowest BCUT2D eigenvalue weighted by Gasteiger charge is -2.27. The van der Waals surface area contributed by atoms with Crippen LogP contribution in [0.2, 0.25) is 0 Å². The molecule has 2 heterocycles. The molecule has 1 aromatic carbocycles. The van der Waals surface area contributed by atoms with Gasteiger partial charge in [0.05, 0.1) is 5.69 Å². The molecule has 5 rings (SSSR count). The predicted octanol–water partition coefficient (Wildman–Crippen LogP) is 5.20. The Hall–Kier alpha value is -2.60. The Bertz CT molecular complexity index is 965. The summed E-state index contributed by atoms with van der Waals surface area (Å²) in [6, 6.07) is 11.8. The number of anilines is 3. The van der Waals surface area contributed by atoms with Crippen molar-refractivity contribution in [1.29, 1.82) is 0 Å². The van der Waals surface area contributed by atoms with Crippen LogP contribution in [0.4, 0.5) is 17.2 Å². The highest BCUT2D eigenvalue weighted by Crippen LogP contribution is 2.33. The van der Waals surface area contributed by atoms with E-state index in [2.05, 4.69) is 45.9 Å². The molecule has 4 N–H and O–H groups in total. The summed E-state index contributed by atoms with van der Waals surface area (Å²) in [6.07, 6.45) is 14.8. The third-order valence-corrected chi connectivity index (χ3v) is 6.75. The lowest BCUT2D eigenvalue weighted by molar-refractivity contribution is 0.410. The van der Waals surface area contributed by atoms with E-state index in [9.17, 15) is 0 Å².